The van der Waals surface area contributed by atoms with Gasteiger partial charge in [0.15, 0.2) is 0 Å². The van der Waals surface area contributed by atoms with Gasteiger partial charge < -0.3 is 9.84 Å². The van der Waals surface area contributed by atoms with Gasteiger partial charge in [-0.25, -0.2) is 0 Å². The number of nitrogens with one attached hydrogen (secondary N) is 1. The van der Waals surface area contributed by atoms with Crippen LogP contribution in [0.1, 0.15) is 34.8 Å². The molecule has 0 spiro atoms. The lowest BCUT2D eigenvalue weighted by Gasteiger charge is -2.09. The average Bonchev–Trinajstić information content (AvgIpc) is 3.08. The number of carbonyl (C=O) groups is 1. The molecule has 6 heteroatoms. The van der Waals surface area contributed by atoms with E-state index in [1.807, 2.05) is 37.3 Å². The average molecular weight is 342 g/mol. The molecule has 0 fully saturated rings. The van der Waals surface area contributed by atoms with Crippen LogP contribution in [0.5, 0.6) is 0 Å². The van der Waals surface area contributed by atoms with Crippen LogP contribution in [0, 0.1) is 6.92 Å². The van der Waals surface area contributed by atoms with Crippen molar-refractivity contribution in [3.63, 3.8) is 0 Å². The van der Waals surface area contributed by atoms with Crippen molar-refractivity contribution in [1.82, 2.24) is 15.5 Å². The molecule has 122 valence electrons. The molecule has 0 radical (unpaired) electrons. The molecule has 0 saturated heterocycles. The summed E-state index contributed by atoms with van der Waals surface area (Å²) in [5.41, 5.74) is 2.32. The van der Waals surface area contributed by atoms with Crippen LogP contribution in [-0.2, 0) is 0 Å². The van der Waals surface area contributed by atoms with E-state index in [1.165, 1.54) is 0 Å². The number of amides is 1. The summed E-state index contributed by atoms with van der Waals surface area (Å²) in [6.45, 7) is 3.72. The van der Waals surface area contributed by atoms with Gasteiger partial charge in [0.25, 0.3) is 5.91 Å². The van der Waals surface area contributed by atoms with Crippen LogP contribution in [0.15, 0.2) is 53.1 Å². The van der Waals surface area contributed by atoms with Crippen molar-refractivity contribution in [3.8, 4) is 11.4 Å². The zero-order chi connectivity index (χ0) is 17.1. The van der Waals surface area contributed by atoms with Gasteiger partial charge in [0.1, 0.15) is 6.04 Å². The fourth-order valence-electron chi connectivity index (χ4n) is 2.19. The van der Waals surface area contributed by atoms with Crippen LogP contribution >= 0.6 is 11.6 Å². The second-order valence-corrected chi connectivity index (χ2v) is 5.89. The van der Waals surface area contributed by atoms with E-state index in [1.54, 1.807) is 25.1 Å². The SMILES string of the molecule is Cc1ccc(-c2noc([C@H](C)NC(=O)c3ccccc3)n2)cc1Cl. The zero-order valence-corrected chi connectivity index (χ0v) is 14.0. The van der Waals surface area contributed by atoms with Crippen molar-refractivity contribution >= 4 is 17.5 Å². The fraction of sp³-hybridized carbons (Fsp3) is 0.167. The van der Waals surface area contributed by atoms with Gasteiger partial charge in [0.2, 0.25) is 11.7 Å². The largest absolute Gasteiger partial charge is 0.341 e. The Morgan fingerprint density at radius 3 is 2.67 bits per heavy atom. The smallest absolute Gasteiger partial charge is 0.251 e. The number of benzene rings is 2. The molecular weight excluding hydrogens is 326 g/mol. The molecule has 2 aromatic carbocycles. The minimum absolute atomic E-state index is 0.193. The highest BCUT2D eigenvalue weighted by Gasteiger charge is 2.18. The van der Waals surface area contributed by atoms with Crippen LogP contribution < -0.4 is 5.32 Å². The van der Waals surface area contributed by atoms with E-state index in [0.29, 0.717) is 22.3 Å². The zero-order valence-electron chi connectivity index (χ0n) is 13.3. The summed E-state index contributed by atoms with van der Waals surface area (Å²) >= 11 is 6.13. The first kappa shape index (κ1) is 16.2. The number of nitrogens with zero attached hydrogens (tertiary/aromatic N) is 2. The minimum Gasteiger partial charge on any atom is -0.341 e. The summed E-state index contributed by atoms with van der Waals surface area (Å²) in [7, 11) is 0. The molecule has 3 rings (SSSR count). The third kappa shape index (κ3) is 3.46. The maximum atomic E-state index is 12.2. The Kier molecular flexibility index (Phi) is 4.62. The summed E-state index contributed by atoms with van der Waals surface area (Å²) < 4.78 is 5.27. The van der Waals surface area contributed by atoms with Crippen molar-refractivity contribution in [3.05, 3.63) is 70.6 Å². The van der Waals surface area contributed by atoms with Gasteiger partial charge in [0.05, 0.1) is 0 Å². The minimum atomic E-state index is -0.403. The van der Waals surface area contributed by atoms with Crippen LogP contribution in [0.3, 0.4) is 0 Å². The monoisotopic (exact) mass is 341 g/mol. The molecular formula is C18H16ClN3O2. The Hall–Kier alpha value is -2.66. The van der Waals surface area contributed by atoms with E-state index in [2.05, 4.69) is 15.5 Å². The van der Waals surface area contributed by atoms with Gasteiger partial charge in [-0.2, -0.15) is 4.98 Å². The Morgan fingerprint density at radius 2 is 1.96 bits per heavy atom. The first-order valence-electron chi connectivity index (χ1n) is 7.50. The van der Waals surface area contributed by atoms with Gasteiger partial charge in [-0.1, -0.05) is 47.1 Å². The van der Waals surface area contributed by atoms with Crippen molar-refractivity contribution in [2.24, 2.45) is 0 Å². The summed E-state index contributed by atoms with van der Waals surface area (Å²) in [5, 5.41) is 7.44. The van der Waals surface area contributed by atoms with E-state index < -0.39 is 6.04 Å². The number of carbonyl (C=O) groups excluding carboxylic acids is 1. The Balaban J connectivity index is 1.75. The van der Waals surface area contributed by atoms with Crippen LogP contribution in [-0.4, -0.2) is 16.0 Å². The van der Waals surface area contributed by atoms with E-state index in [4.69, 9.17) is 16.1 Å². The number of rotatable bonds is 4. The topological polar surface area (TPSA) is 68.0 Å². The van der Waals surface area contributed by atoms with Crippen LogP contribution in [0.25, 0.3) is 11.4 Å². The predicted molar refractivity (Wildman–Crippen MR) is 91.8 cm³/mol. The maximum absolute atomic E-state index is 12.2. The predicted octanol–water partition coefficient (Wildman–Crippen LogP) is 4.19. The lowest BCUT2D eigenvalue weighted by atomic mass is 10.1. The Morgan fingerprint density at radius 1 is 1.21 bits per heavy atom. The highest BCUT2D eigenvalue weighted by Crippen LogP contribution is 2.24. The van der Waals surface area contributed by atoms with Gasteiger partial charge in [0, 0.05) is 16.1 Å². The quantitative estimate of drug-likeness (QED) is 0.772. The molecule has 0 saturated carbocycles. The van der Waals surface area contributed by atoms with Gasteiger partial charge in [-0.05, 0) is 37.6 Å². The second-order valence-electron chi connectivity index (χ2n) is 5.48. The molecule has 0 bridgehead atoms. The van der Waals surface area contributed by atoms with Gasteiger partial charge in [-0.3, -0.25) is 4.79 Å². The van der Waals surface area contributed by atoms with E-state index in [0.717, 1.165) is 11.1 Å². The standard InChI is InChI=1S/C18H16ClN3O2/c1-11-8-9-14(10-15(11)19)16-21-18(24-22-16)12(2)20-17(23)13-6-4-3-5-7-13/h3-10,12H,1-2H3,(H,20,23)/t12-/m0/s1. The molecule has 24 heavy (non-hydrogen) atoms. The second kappa shape index (κ2) is 6.84. The van der Waals surface area contributed by atoms with Crippen molar-refractivity contribution in [2.75, 3.05) is 0 Å². The lowest BCUT2D eigenvalue weighted by molar-refractivity contribution is 0.0932. The number of hydrogen-bond acceptors (Lipinski definition) is 4. The summed E-state index contributed by atoms with van der Waals surface area (Å²) in [6.07, 6.45) is 0. The third-order valence-electron chi connectivity index (χ3n) is 3.63. The molecule has 0 aliphatic carbocycles. The first-order chi connectivity index (χ1) is 11.5. The van der Waals surface area contributed by atoms with E-state index in [9.17, 15) is 4.79 Å². The number of halogens is 1. The van der Waals surface area contributed by atoms with E-state index in [-0.39, 0.29) is 5.91 Å². The molecule has 1 N–H and O–H groups in total. The number of aryl methyl sites for hydroxylation is 1. The Labute approximate surface area is 144 Å². The van der Waals surface area contributed by atoms with Gasteiger partial charge >= 0.3 is 0 Å². The van der Waals surface area contributed by atoms with Crippen molar-refractivity contribution in [2.45, 2.75) is 19.9 Å². The molecule has 0 aliphatic rings. The normalized spacial score (nSPS) is 12.0. The summed E-state index contributed by atoms with van der Waals surface area (Å²) in [5.74, 6) is 0.583. The highest BCUT2D eigenvalue weighted by molar-refractivity contribution is 6.31. The van der Waals surface area contributed by atoms with Crippen molar-refractivity contribution < 1.29 is 9.32 Å². The van der Waals surface area contributed by atoms with Crippen molar-refractivity contribution in [1.29, 1.82) is 0 Å². The Bertz CT molecular complexity index is 862. The lowest BCUT2D eigenvalue weighted by Crippen LogP contribution is -2.26. The van der Waals surface area contributed by atoms with Gasteiger partial charge in [-0.15, -0.1) is 0 Å². The first-order valence-corrected chi connectivity index (χ1v) is 7.88. The highest BCUT2D eigenvalue weighted by atomic mass is 35.5. The van der Waals surface area contributed by atoms with Crippen LogP contribution in [0.2, 0.25) is 5.02 Å². The molecule has 1 aromatic heterocycles. The molecule has 1 heterocycles. The molecule has 1 amide bonds. The number of aromatic nitrogens is 2. The number of hydrogen-bond donors (Lipinski definition) is 1. The molecule has 0 unspecified atom stereocenters. The molecule has 0 aliphatic heterocycles. The molecule has 3 aromatic rings. The fourth-order valence-corrected chi connectivity index (χ4v) is 2.37. The summed E-state index contributed by atoms with van der Waals surface area (Å²) in [4.78, 5) is 16.5. The third-order valence-corrected chi connectivity index (χ3v) is 4.03. The summed E-state index contributed by atoms with van der Waals surface area (Å²) in [6, 6.07) is 14.1. The molecule has 1 atom stereocenters. The molecule has 5 nitrogen and oxygen atoms in total. The van der Waals surface area contributed by atoms with E-state index >= 15 is 0 Å². The van der Waals surface area contributed by atoms with Crippen LogP contribution in [0.4, 0.5) is 0 Å². The maximum Gasteiger partial charge on any atom is 0.251 e.